The second-order valence-electron chi connectivity index (χ2n) is 6.68. The van der Waals surface area contributed by atoms with Crippen molar-refractivity contribution in [1.29, 1.82) is 0 Å². The maximum atomic E-state index is 12.6. The highest BCUT2D eigenvalue weighted by Crippen LogP contribution is 2.25. The summed E-state index contributed by atoms with van der Waals surface area (Å²) >= 11 is 6.09. The van der Waals surface area contributed by atoms with Crippen molar-refractivity contribution in [1.82, 2.24) is 24.5 Å². The quantitative estimate of drug-likeness (QED) is 0.396. The van der Waals surface area contributed by atoms with Gasteiger partial charge in [0.25, 0.3) is 5.91 Å². The number of hydrogen-bond acceptors (Lipinski definition) is 7. The van der Waals surface area contributed by atoms with Gasteiger partial charge in [0.1, 0.15) is 12.7 Å². The van der Waals surface area contributed by atoms with E-state index >= 15 is 0 Å². The van der Waals surface area contributed by atoms with Gasteiger partial charge in [0.15, 0.2) is 12.4 Å². The van der Waals surface area contributed by atoms with Crippen molar-refractivity contribution < 1.29 is 19.1 Å². The summed E-state index contributed by atoms with van der Waals surface area (Å²) in [6.45, 7) is 1.49. The Labute approximate surface area is 193 Å². The van der Waals surface area contributed by atoms with E-state index in [0.29, 0.717) is 16.4 Å². The number of ether oxygens (including phenoxy) is 2. The number of esters is 1. The summed E-state index contributed by atoms with van der Waals surface area (Å²) in [7, 11) is 0. The largest absolute Gasteiger partial charge is 0.480 e. The van der Waals surface area contributed by atoms with Gasteiger partial charge in [-0.05, 0) is 37.3 Å². The molecule has 2 aromatic carbocycles. The maximum Gasteiger partial charge on any atom is 0.362 e. The number of para-hydroxylation sites is 1. The number of aromatic nitrogens is 5. The molecule has 0 saturated heterocycles. The van der Waals surface area contributed by atoms with Crippen molar-refractivity contribution >= 4 is 29.2 Å². The van der Waals surface area contributed by atoms with Crippen LogP contribution >= 0.6 is 11.6 Å². The van der Waals surface area contributed by atoms with Crippen molar-refractivity contribution in [2.24, 2.45) is 0 Å². The summed E-state index contributed by atoms with van der Waals surface area (Å²) in [6, 6.07) is 14.2. The molecular weight excluding hydrogens is 448 g/mol. The average Bonchev–Trinajstić information content (AvgIpc) is 3.49. The highest BCUT2D eigenvalue weighted by molar-refractivity contribution is 6.31. The van der Waals surface area contributed by atoms with E-state index in [1.165, 1.54) is 28.2 Å². The van der Waals surface area contributed by atoms with Gasteiger partial charge < -0.3 is 14.8 Å². The number of nitrogens with one attached hydrogen (secondary N) is 1. The molecule has 0 saturated carbocycles. The van der Waals surface area contributed by atoms with Crippen LogP contribution in [0, 0.1) is 0 Å². The highest BCUT2D eigenvalue weighted by atomic mass is 35.5. The Hall–Kier alpha value is -4.18. The van der Waals surface area contributed by atoms with E-state index in [2.05, 4.69) is 20.5 Å². The van der Waals surface area contributed by atoms with Crippen molar-refractivity contribution in [3.63, 3.8) is 0 Å². The van der Waals surface area contributed by atoms with Crippen LogP contribution in [0.3, 0.4) is 0 Å². The lowest BCUT2D eigenvalue weighted by Crippen LogP contribution is -2.21. The zero-order valence-corrected chi connectivity index (χ0v) is 18.3. The molecule has 33 heavy (non-hydrogen) atoms. The van der Waals surface area contributed by atoms with E-state index in [1.807, 2.05) is 30.3 Å². The number of amides is 1. The predicted molar refractivity (Wildman–Crippen MR) is 120 cm³/mol. The monoisotopic (exact) mass is 466 g/mol. The summed E-state index contributed by atoms with van der Waals surface area (Å²) < 4.78 is 13.7. The normalized spacial score (nSPS) is 10.6. The lowest BCUT2D eigenvalue weighted by atomic mass is 10.2. The molecular formula is C22H19ClN6O4. The fourth-order valence-electron chi connectivity index (χ4n) is 2.99. The summed E-state index contributed by atoms with van der Waals surface area (Å²) in [5, 5.41) is 11.5. The van der Waals surface area contributed by atoms with Gasteiger partial charge in [-0.1, -0.05) is 29.8 Å². The molecule has 168 valence electrons. The van der Waals surface area contributed by atoms with Crippen LogP contribution in [0.25, 0.3) is 11.4 Å². The minimum absolute atomic E-state index is 0.0282. The first kappa shape index (κ1) is 22.0. The Morgan fingerprint density at radius 3 is 2.67 bits per heavy atom. The van der Waals surface area contributed by atoms with E-state index < -0.39 is 11.9 Å². The molecule has 0 fully saturated rings. The smallest absolute Gasteiger partial charge is 0.362 e. The predicted octanol–water partition coefficient (Wildman–Crippen LogP) is 3.30. The zero-order valence-electron chi connectivity index (χ0n) is 17.5. The topological polar surface area (TPSA) is 113 Å². The number of anilines is 1. The Bertz CT molecular complexity index is 1260. The van der Waals surface area contributed by atoms with E-state index in [1.54, 1.807) is 25.1 Å². The number of nitrogens with zero attached hydrogens (tertiary/aromatic N) is 5. The number of hydrogen-bond donors (Lipinski definition) is 1. The third kappa shape index (κ3) is 5.18. The van der Waals surface area contributed by atoms with Crippen molar-refractivity contribution in [3.05, 3.63) is 78.1 Å². The maximum absolute atomic E-state index is 12.6. The lowest BCUT2D eigenvalue weighted by molar-refractivity contribution is -0.118. The SMILES string of the molecule is CCOC(=O)c1nn(-c2ccccc2)cc1OCC(=O)Nc1cc(Cl)ccc1-n1cncn1. The van der Waals surface area contributed by atoms with Crippen LogP contribution in [-0.2, 0) is 9.53 Å². The summed E-state index contributed by atoms with van der Waals surface area (Å²) in [6.07, 6.45) is 4.40. The molecule has 1 N–H and O–H groups in total. The summed E-state index contributed by atoms with van der Waals surface area (Å²) in [5.74, 6) is -0.998. The fraction of sp³-hybridized carbons (Fsp3) is 0.136. The van der Waals surface area contributed by atoms with Crippen LogP contribution in [0.2, 0.25) is 5.02 Å². The first-order valence-corrected chi connectivity index (χ1v) is 10.3. The van der Waals surface area contributed by atoms with Gasteiger partial charge in [0, 0.05) is 5.02 Å². The number of rotatable bonds is 8. The van der Waals surface area contributed by atoms with Crippen molar-refractivity contribution in [3.8, 4) is 17.1 Å². The molecule has 0 bridgehead atoms. The second-order valence-corrected chi connectivity index (χ2v) is 7.12. The number of benzene rings is 2. The molecule has 0 atom stereocenters. The van der Waals surface area contributed by atoms with E-state index in [0.717, 1.165) is 5.69 Å². The van der Waals surface area contributed by atoms with Crippen LogP contribution in [0.1, 0.15) is 17.4 Å². The third-order valence-electron chi connectivity index (χ3n) is 4.43. The first-order valence-electron chi connectivity index (χ1n) is 9.94. The van der Waals surface area contributed by atoms with Crippen LogP contribution in [0.15, 0.2) is 67.4 Å². The van der Waals surface area contributed by atoms with E-state index in [4.69, 9.17) is 21.1 Å². The Morgan fingerprint density at radius 2 is 1.94 bits per heavy atom. The molecule has 0 aliphatic rings. The molecule has 11 heteroatoms. The minimum Gasteiger partial charge on any atom is -0.480 e. The molecule has 0 radical (unpaired) electrons. The van der Waals surface area contributed by atoms with Crippen LogP contribution in [-0.4, -0.2) is 49.6 Å². The van der Waals surface area contributed by atoms with E-state index in [-0.39, 0.29) is 24.7 Å². The van der Waals surface area contributed by atoms with Crippen LogP contribution < -0.4 is 10.1 Å². The van der Waals surface area contributed by atoms with Gasteiger partial charge in [-0.25, -0.2) is 19.1 Å². The Balaban J connectivity index is 1.52. The average molecular weight is 467 g/mol. The number of halogens is 1. The molecule has 1 amide bonds. The van der Waals surface area contributed by atoms with Gasteiger partial charge in [0.05, 0.1) is 29.9 Å². The van der Waals surface area contributed by atoms with Gasteiger partial charge >= 0.3 is 5.97 Å². The molecule has 4 aromatic rings. The number of carbonyl (C=O) groups excluding carboxylic acids is 2. The summed E-state index contributed by atoms with van der Waals surface area (Å²) in [4.78, 5) is 28.9. The number of carbonyl (C=O) groups is 2. The molecule has 4 rings (SSSR count). The Kier molecular flexibility index (Phi) is 6.65. The fourth-order valence-corrected chi connectivity index (χ4v) is 3.16. The third-order valence-corrected chi connectivity index (χ3v) is 4.66. The van der Waals surface area contributed by atoms with Gasteiger partial charge in [-0.15, -0.1) is 0 Å². The first-order chi connectivity index (χ1) is 16.0. The highest BCUT2D eigenvalue weighted by Gasteiger charge is 2.21. The van der Waals surface area contributed by atoms with Gasteiger partial charge in [-0.2, -0.15) is 10.2 Å². The molecule has 10 nitrogen and oxygen atoms in total. The van der Waals surface area contributed by atoms with Crippen molar-refractivity contribution in [2.75, 3.05) is 18.5 Å². The second kappa shape index (κ2) is 9.96. The summed E-state index contributed by atoms with van der Waals surface area (Å²) in [5.41, 5.74) is 1.69. The Morgan fingerprint density at radius 1 is 1.12 bits per heavy atom. The molecule has 0 aliphatic carbocycles. The van der Waals surface area contributed by atoms with Gasteiger partial charge in [0.2, 0.25) is 5.69 Å². The lowest BCUT2D eigenvalue weighted by Gasteiger charge is -2.12. The molecule has 0 unspecified atom stereocenters. The molecule has 0 aliphatic heterocycles. The van der Waals surface area contributed by atoms with Gasteiger partial charge in [-0.3, -0.25) is 4.79 Å². The molecule has 2 aromatic heterocycles. The standard InChI is InChI=1S/C22H19ClN6O4/c1-2-32-22(31)21-19(11-28(27-21)16-6-4-3-5-7-16)33-12-20(30)26-17-10-15(23)8-9-18(17)29-14-24-13-25-29/h3-11,13-14H,2,12H2,1H3,(H,26,30). The van der Waals surface area contributed by atoms with Crippen LogP contribution in [0.4, 0.5) is 5.69 Å². The van der Waals surface area contributed by atoms with Crippen LogP contribution in [0.5, 0.6) is 5.75 Å². The molecule has 0 spiro atoms. The van der Waals surface area contributed by atoms with Crippen molar-refractivity contribution in [2.45, 2.75) is 6.92 Å². The molecule has 2 heterocycles. The van der Waals surface area contributed by atoms with E-state index in [9.17, 15) is 9.59 Å². The minimum atomic E-state index is -0.647. The zero-order chi connectivity index (χ0) is 23.2.